The minimum absolute atomic E-state index is 0.0274. The molecule has 0 saturated heterocycles. The topological polar surface area (TPSA) is 96.0 Å². The molecular weight excluding hydrogens is 557 g/mol. The van der Waals surface area contributed by atoms with Gasteiger partial charge in [0.15, 0.2) is 0 Å². The third kappa shape index (κ3) is 8.55. The monoisotopic (exact) mass is 595 g/mol. The van der Waals surface area contributed by atoms with Gasteiger partial charge in [0.25, 0.3) is 0 Å². The zero-order valence-electron chi connectivity index (χ0n) is 24.0. The van der Waals surface area contributed by atoms with Crippen LogP contribution in [-0.4, -0.2) is 50.0 Å². The van der Waals surface area contributed by atoms with Crippen LogP contribution in [0.3, 0.4) is 0 Å². The maximum absolute atomic E-state index is 13.9. The summed E-state index contributed by atoms with van der Waals surface area (Å²) in [5.74, 6) is -0.676. The van der Waals surface area contributed by atoms with Gasteiger partial charge in [0.1, 0.15) is 30.8 Å². The summed E-state index contributed by atoms with van der Waals surface area (Å²) in [4.78, 5) is 28.6. The van der Waals surface area contributed by atoms with Crippen molar-refractivity contribution in [2.24, 2.45) is 0 Å². The normalized spacial score (nSPS) is 14.3. The highest BCUT2D eigenvalue weighted by Gasteiger charge is 2.33. The zero-order chi connectivity index (χ0) is 30.1. The molecule has 4 rings (SSSR count). The molecule has 0 aliphatic heterocycles. The quantitative estimate of drug-likeness (QED) is 0.299. The molecule has 224 valence electrons. The summed E-state index contributed by atoms with van der Waals surface area (Å²) in [6.07, 6.45) is 5.23. The summed E-state index contributed by atoms with van der Waals surface area (Å²) in [5, 5.41) is 3.07. The first-order valence-electron chi connectivity index (χ1n) is 14.2. The standard InChI is InChI=1S/C32H38FN3O5S/c1-3-30(32(38)34-27-11-7-8-12-27)35(21-24-13-15-26(33)16-14-24)31(37)22-36(42(2,39)40)28-17-19-29(20-18-28)41-23-25-9-5-4-6-10-25/h4-6,9-10,13-20,27,30H,3,7-8,11-12,21-23H2,1-2H3,(H,34,38)/t30-/m0/s1. The lowest BCUT2D eigenvalue weighted by Crippen LogP contribution is -2.53. The van der Waals surface area contributed by atoms with E-state index < -0.39 is 34.3 Å². The Bertz CT molecular complexity index is 1430. The molecule has 10 heteroatoms. The third-order valence-electron chi connectivity index (χ3n) is 7.41. The fourth-order valence-corrected chi connectivity index (χ4v) is 5.99. The van der Waals surface area contributed by atoms with Crippen molar-refractivity contribution in [3.8, 4) is 5.75 Å². The summed E-state index contributed by atoms with van der Waals surface area (Å²) in [5.41, 5.74) is 1.92. The second-order valence-corrected chi connectivity index (χ2v) is 12.5. The number of sulfonamides is 1. The van der Waals surface area contributed by atoms with Gasteiger partial charge >= 0.3 is 0 Å². The Kier molecular flexibility index (Phi) is 10.6. The lowest BCUT2D eigenvalue weighted by Gasteiger charge is -2.33. The van der Waals surface area contributed by atoms with Gasteiger partial charge in [0.2, 0.25) is 21.8 Å². The van der Waals surface area contributed by atoms with Crippen molar-refractivity contribution in [1.82, 2.24) is 10.2 Å². The van der Waals surface area contributed by atoms with E-state index in [1.165, 1.54) is 17.0 Å². The lowest BCUT2D eigenvalue weighted by molar-refractivity contribution is -0.140. The second-order valence-electron chi connectivity index (χ2n) is 10.6. The predicted molar refractivity (Wildman–Crippen MR) is 161 cm³/mol. The highest BCUT2D eigenvalue weighted by molar-refractivity contribution is 7.92. The van der Waals surface area contributed by atoms with Gasteiger partial charge in [-0.05, 0) is 66.8 Å². The molecule has 0 unspecified atom stereocenters. The average Bonchev–Trinajstić information content (AvgIpc) is 3.49. The first kappa shape index (κ1) is 31.0. The number of anilines is 1. The van der Waals surface area contributed by atoms with E-state index in [1.54, 1.807) is 36.4 Å². The molecule has 42 heavy (non-hydrogen) atoms. The molecule has 1 aliphatic carbocycles. The van der Waals surface area contributed by atoms with Crippen molar-refractivity contribution in [3.63, 3.8) is 0 Å². The van der Waals surface area contributed by atoms with Crippen LogP contribution < -0.4 is 14.4 Å². The largest absolute Gasteiger partial charge is 0.489 e. The van der Waals surface area contributed by atoms with Crippen LogP contribution in [-0.2, 0) is 32.8 Å². The number of carbonyl (C=O) groups excluding carboxylic acids is 2. The van der Waals surface area contributed by atoms with Crippen molar-refractivity contribution in [1.29, 1.82) is 0 Å². The molecule has 8 nitrogen and oxygen atoms in total. The number of nitrogens with one attached hydrogen (secondary N) is 1. The van der Waals surface area contributed by atoms with Crippen molar-refractivity contribution in [2.45, 2.75) is 64.3 Å². The van der Waals surface area contributed by atoms with Gasteiger partial charge in [0, 0.05) is 12.6 Å². The molecule has 3 aromatic rings. The summed E-state index contributed by atoms with van der Waals surface area (Å²) in [7, 11) is -3.87. The van der Waals surface area contributed by atoms with Crippen molar-refractivity contribution in [2.75, 3.05) is 17.1 Å². The minimum atomic E-state index is -3.87. The van der Waals surface area contributed by atoms with Gasteiger partial charge < -0.3 is 15.0 Å². The number of benzene rings is 3. The number of rotatable bonds is 13. The smallest absolute Gasteiger partial charge is 0.244 e. The molecule has 1 atom stereocenters. The first-order chi connectivity index (χ1) is 20.1. The van der Waals surface area contributed by atoms with Gasteiger partial charge in [-0.15, -0.1) is 0 Å². The number of carbonyl (C=O) groups is 2. The Morgan fingerprint density at radius 1 is 0.952 bits per heavy atom. The Morgan fingerprint density at radius 2 is 1.60 bits per heavy atom. The molecule has 2 amide bonds. The summed E-state index contributed by atoms with van der Waals surface area (Å²) >= 11 is 0. The van der Waals surface area contributed by atoms with Crippen LogP contribution in [0.5, 0.6) is 5.75 Å². The summed E-state index contributed by atoms with van der Waals surface area (Å²) in [6, 6.07) is 21.1. The van der Waals surface area contributed by atoms with E-state index >= 15 is 0 Å². The molecule has 1 N–H and O–H groups in total. The Labute approximate surface area is 247 Å². The highest BCUT2D eigenvalue weighted by Crippen LogP contribution is 2.24. The second kappa shape index (κ2) is 14.3. The van der Waals surface area contributed by atoms with Crippen molar-refractivity contribution in [3.05, 3.63) is 95.8 Å². The van der Waals surface area contributed by atoms with E-state index in [1.807, 2.05) is 37.3 Å². The van der Waals surface area contributed by atoms with Gasteiger partial charge in [-0.3, -0.25) is 13.9 Å². The zero-order valence-corrected chi connectivity index (χ0v) is 24.9. The minimum Gasteiger partial charge on any atom is -0.489 e. The van der Waals surface area contributed by atoms with E-state index in [0.29, 0.717) is 30.0 Å². The number of ether oxygens (including phenoxy) is 1. The fourth-order valence-electron chi connectivity index (χ4n) is 5.14. The maximum atomic E-state index is 13.9. The third-order valence-corrected chi connectivity index (χ3v) is 8.55. The molecule has 1 fully saturated rings. The van der Waals surface area contributed by atoms with Crippen LogP contribution in [0.15, 0.2) is 78.9 Å². The Morgan fingerprint density at radius 3 is 2.19 bits per heavy atom. The van der Waals surface area contributed by atoms with Gasteiger partial charge in [-0.2, -0.15) is 0 Å². The van der Waals surface area contributed by atoms with Crippen LogP contribution in [0, 0.1) is 5.82 Å². The molecule has 0 bridgehead atoms. The molecular formula is C32H38FN3O5S. The fraction of sp³-hybridized carbons (Fsp3) is 0.375. The first-order valence-corrected chi connectivity index (χ1v) is 16.1. The number of halogens is 1. The van der Waals surface area contributed by atoms with E-state index in [0.717, 1.165) is 41.8 Å². The summed E-state index contributed by atoms with van der Waals surface area (Å²) in [6.45, 7) is 1.69. The van der Waals surface area contributed by atoms with Gasteiger partial charge in [0.05, 0.1) is 11.9 Å². The van der Waals surface area contributed by atoms with E-state index in [9.17, 15) is 22.4 Å². The van der Waals surface area contributed by atoms with Crippen LogP contribution in [0.1, 0.15) is 50.2 Å². The van der Waals surface area contributed by atoms with Crippen LogP contribution in [0.2, 0.25) is 0 Å². The van der Waals surface area contributed by atoms with Gasteiger partial charge in [-0.1, -0.05) is 62.2 Å². The molecule has 0 spiro atoms. The van der Waals surface area contributed by atoms with Crippen LogP contribution >= 0.6 is 0 Å². The van der Waals surface area contributed by atoms with E-state index in [-0.39, 0.29) is 18.5 Å². The number of amides is 2. The maximum Gasteiger partial charge on any atom is 0.244 e. The van der Waals surface area contributed by atoms with Gasteiger partial charge in [-0.25, -0.2) is 12.8 Å². The molecule has 3 aromatic carbocycles. The van der Waals surface area contributed by atoms with Crippen molar-refractivity contribution < 1.29 is 27.1 Å². The van der Waals surface area contributed by atoms with Crippen LogP contribution in [0.4, 0.5) is 10.1 Å². The van der Waals surface area contributed by atoms with E-state index in [2.05, 4.69) is 5.32 Å². The average molecular weight is 596 g/mol. The number of hydrogen-bond donors (Lipinski definition) is 1. The SMILES string of the molecule is CC[C@@H](C(=O)NC1CCCC1)N(Cc1ccc(F)cc1)C(=O)CN(c1ccc(OCc2ccccc2)cc1)S(C)(=O)=O. The lowest BCUT2D eigenvalue weighted by atomic mass is 10.1. The number of nitrogens with zero attached hydrogens (tertiary/aromatic N) is 2. The van der Waals surface area contributed by atoms with Crippen LogP contribution in [0.25, 0.3) is 0 Å². The Hall–Kier alpha value is -3.92. The Balaban J connectivity index is 1.54. The highest BCUT2D eigenvalue weighted by atomic mass is 32.2. The molecule has 1 aliphatic rings. The summed E-state index contributed by atoms with van der Waals surface area (Å²) < 4.78 is 46.2. The van der Waals surface area contributed by atoms with Crippen molar-refractivity contribution >= 4 is 27.5 Å². The molecule has 0 heterocycles. The molecule has 1 saturated carbocycles. The van der Waals surface area contributed by atoms with E-state index in [4.69, 9.17) is 4.74 Å². The molecule has 0 radical (unpaired) electrons. The molecule has 0 aromatic heterocycles. The predicted octanol–water partition coefficient (Wildman–Crippen LogP) is 5.04. The number of hydrogen-bond acceptors (Lipinski definition) is 5.